The minimum absolute atomic E-state index is 0.0465. The van der Waals surface area contributed by atoms with Gasteiger partial charge in [-0.15, -0.1) is 0 Å². The van der Waals surface area contributed by atoms with Crippen LogP contribution >= 0.6 is 47.2 Å². The van der Waals surface area contributed by atoms with E-state index >= 15 is 0 Å². The van der Waals surface area contributed by atoms with E-state index in [1.165, 1.54) is 11.8 Å². The number of allylic oxidation sites excluding steroid dienone is 1. The molecular formula is C17H18Cl2O3S2. The average Bonchev–Trinajstić information content (AvgIpc) is 2.49. The molecule has 1 aromatic rings. The number of hydrogen-bond acceptors (Lipinski definition) is 5. The molecular weight excluding hydrogens is 387 g/mol. The topological polar surface area (TPSA) is 46.5 Å². The largest absolute Gasteiger partial charge is 0.394 e. The number of hydrogen-bond donors (Lipinski definition) is 1. The Hall–Kier alpha value is -0.430. The number of carbonyl (C=O) groups excluding carboxylic acids is 1. The molecule has 0 spiro atoms. The summed E-state index contributed by atoms with van der Waals surface area (Å²) < 4.78 is 5.49. The Morgan fingerprint density at radius 3 is 2.58 bits per heavy atom. The van der Waals surface area contributed by atoms with Crippen molar-refractivity contribution in [2.75, 3.05) is 19.8 Å². The lowest BCUT2D eigenvalue weighted by molar-refractivity contribution is -0.114. The third kappa shape index (κ3) is 5.04. The zero-order chi connectivity index (χ0) is 17.7. The van der Waals surface area contributed by atoms with Crippen LogP contribution in [0.3, 0.4) is 0 Å². The monoisotopic (exact) mass is 404 g/mol. The van der Waals surface area contributed by atoms with Gasteiger partial charge in [-0.25, -0.2) is 0 Å². The molecule has 1 unspecified atom stereocenters. The summed E-state index contributed by atoms with van der Waals surface area (Å²) in [6.07, 6.45) is 0.903. The van der Waals surface area contributed by atoms with E-state index < -0.39 is 0 Å². The second-order valence-corrected chi connectivity index (χ2v) is 7.83. The number of rotatable bonds is 7. The second-order valence-electron chi connectivity index (χ2n) is 5.32. The number of carbonyl (C=O) groups is 1. The lowest BCUT2D eigenvalue weighted by Gasteiger charge is -2.28. The van der Waals surface area contributed by atoms with E-state index in [4.69, 9.17) is 45.3 Å². The fourth-order valence-electron chi connectivity index (χ4n) is 2.54. The van der Waals surface area contributed by atoms with Crippen molar-refractivity contribution in [1.29, 1.82) is 0 Å². The first-order valence-electron chi connectivity index (χ1n) is 7.57. The Balaban J connectivity index is 2.36. The SMILES string of the molecule is CCC1=C(Sc2cc(Cl)cc(Cl)c2)C(COCCO)C(=S)CC1=O. The lowest BCUT2D eigenvalue weighted by atomic mass is 9.88. The highest BCUT2D eigenvalue weighted by Gasteiger charge is 2.32. The molecule has 0 bridgehead atoms. The zero-order valence-corrected chi connectivity index (χ0v) is 16.3. The predicted octanol–water partition coefficient (Wildman–Crippen LogP) is 4.72. The van der Waals surface area contributed by atoms with Crippen LogP contribution in [0.15, 0.2) is 33.6 Å². The van der Waals surface area contributed by atoms with Crippen molar-refractivity contribution in [3.8, 4) is 0 Å². The number of Topliss-reactive ketones (excluding diaryl/α,β-unsaturated/α-hetero) is 1. The van der Waals surface area contributed by atoms with Gasteiger partial charge in [0.25, 0.3) is 0 Å². The van der Waals surface area contributed by atoms with Gasteiger partial charge in [0.2, 0.25) is 0 Å². The molecule has 1 aliphatic rings. The van der Waals surface area contributed by atoms with Gasteiger partial charge in [0.05, 0.1) is 19.8 Å². The van der Waals surface area contributed by atoms with Gasteiger partial charge in [-0.05, 0) is 24.6 Å². The molecule has 0 saturated carbocycles. The van der Waals surface area contributed by atoms with Crippen molar-refractivity contribution in [1.82, 2.24) is 0 Å². The highest BCUT2D eigenvalue weighted by molar-refractivity contribution is 8.03. The Morgan fingerprint density at radius 1 is 1.33 bits per heavy atom. The second kappa shape index (κ2) is 9.32. The number of aliphatic hydroxyl groups excluding tert-OH is 1. The van der Waals surface area contributed by atoms with Gasteiger partial charge in [0.1, 0.15) is 0 Å². The number of ketones is 1. The van der Waals surface area contributed by atoms with Crippen LogP contribution in [0.4, 0.5) is 0 Å². The van der Waals surface area contributed by atoms with E-state index in [1.807, 2.05) is 19.1 Å². The van der Waals surface area contributed by atoms with Crippen LogP contribution in [0, 0.1) is 5.92 Å². The predicted molar refractivity (Wildman–Crippen MR) is 103 cm³/mol. The van der Waals surface area contributed by atoms with Gasteiger partial charge in [0.15, 0.2) is 5.78 Å². The van der Waals surface area contributed by atoms with E-state index in [0.717, 1.165) is 15.4 Å². The van der Waals surface area contributed by atoms with E-state index in [0.29, 0.717) is 27.9 Å². The van der Waals surface area contributed by atoms with E-state index in [-0.39, 0.29) is 31.3 Å². The van der Waals surface area contributed by atoms with Crippen LogP contribution in [-0.2, 0) is 9.53 Å². The molecule has 0 aromatic heterocycles. The van der Waals surface area contributed by atoms with Gasteiger partial charge in [-0.2, -0.15) is 0 Å². The van der Waals surface area contributed by atoms with Crippen molar-refractivity contribution >= 4 is 57.8 Å². The van der Waals surface area contributed by atoms with Gasteiger partial charge in [-0.1, -0.05) is 54.1 Å². The van der Waals surface area contributed by atoms with Crippen LogP contribution in [0.2, 0.25) is 10.0 Å². The molecule has 1 aromatic carbocycles. The molecule has 1 N–H and O–H groups in total. The highest BCUT2D eigenvalue weighted by Crippen LogP contribution is 2.41. The molecule has 0 fully saturated rings. The molecule has 0 heterocycles. The maximum atomic E-state index is 12.4. The van der Waals surface area contributed by atoms with Crippen molar-refractivity contribution in [2.24, 2.45) is 5.92 Å². The van der Waals surface area contributed by atoms with Crippen LogP contribution in [0.25, 0.3) is 0 Å². The molecule has 0 aliphatic heterocycles. The number of benzene rings is 1. The smallest absolute Gasteiger partial charge is 0.164 e. The summed E-state index contributed by atoms with van der Waals surface area (Å²) in [5, 5.41) is 9.99. The van der Waals surface area contributed by atoms with Crippen molar-refractivity contribution in [3.63, 3.8) is 0 Å². The first kappa shape index (κ1) is 19.9. The molecule has 0 saturated heterocycles. The number of aliphatic hydroxyl groups is 1. The minimum atomic E-state index is -0.137. The number of ether oxygens (including phenoxy) is 1. The fraction of sp³-hybridized carbons (Fsp3) is 0.412. The highest BCUT2D eigenvalue weighted by atomic mass is 35.5. The quantitative estimate of drug-likeness (QED) is 0.526. The third-order valence-corrected chi connectivity index (χ3v) is 5.70. The van der Waals surface area contributed by atoms with Crippen LogP contribution in [0.1, 0.15) is 19.8 Å². The van der Waals surface area contributed by atoms with Crippen molar-refractivity contribution < 1.29 is 14.6 Å². The minimum Gasteiger partial charge on any atom is -0.394 e. The molecule has 2 rings (SSSR count). The summed E-state index contributed by atoms with van der Waals surface area (Å²) in [4.78, 5) is 14.8. The first-order valence-corrected chi connectivity index (χ1v) is 9.55. The van der Waals surface area contributed by atoms with Crippen LogP contribution < -0.4 is 0 Å². The Bertz CT molecular complexity index is 654. The Morgan fingerprint density at radius 2 is 2.00 bits per heavy atom. The molecule has 0 amide bonds. The molecule has 0 radical (unpaired) electrons. The number of thioether (sulfide) groups is 1. The first-order chi connectivity index (χ1) is 11.5. The zero-order valence-electron chi connectivity index (χ0n) is 13.2. The van der Waals surface area contributed by atoms with Gasteiger partial charge < -0.3 is 9.84 Å². The number of thiocarbonyl (C=S) groups is 1. The molecule has 130 valence electrons. The van der Waals surface area contributed by atoms with Crippen molar-refractivity contribution in [2.45, 2.75) is 24.7 Å². The van der Waals surface area contributed by atoms with Crippen molar-refractivity contribution in [3.05, 3.63) is 38.7 Å². The normalized spacial score (nSPS) is 18.4. The fourth-order valence-corrected chi connectivity index (χ4v) is 4.94. The summed E-state index contributed by atoms with van der Waals surface area (Å²) in [5.74, 6) is -0.0708. The van der Waals surface area contributed by atoms with Gasteiger partial charge in [0, 0.05) is 42.6 Å². The molecule has 3 nitrogen and oxygen atoms in total. The standard InChI is InChI=1S/C17H18Cl2O3S2/c1-2-13-15(21)8-16(23)14(9-22-4-3-20)17(13)24-12-6-10(18)5-11(19)7-12/h5-7,14,20H,2-4,8-9H2,1H3. The van der Waals surface area contributed by atoms with Crippen LogP contribution in [-0.4, -0.2) is 35.6 Å². The molecule has 24 heavy (non-hydrogen) atoms. The van der Waals surface area contributed by atoms with Gasteiger partial charge >= 0.3 is 0 Å². The summed E-state index contributed by atoms with van der Waals surface area (Å²) in [6.45, 7) is 2.51. The Labute approximate surface area is 161 Å². The summed E-state index contributed by atoms with van der Waals surface area (Å²) in [6, 6.07) is 5.29. The molecule has 1 aliphatic carbocycles. The lowest BCUT2D eigenvalue weighted by Crippen LogP contribution is -2.30. The van der Waals surface area contributed by atoms with Crippen LogP contribution in [0.5, 0.6) is 0 Å². The van der Waals surface area contributed by atoms with E-state index in [2.05, 4.69) is 0 Å². The Kier molecular flexibility index (Phi) is 7.72. The average molecular weight is 405 g/mol. The summed E-state index contributed by atoms with van der Waals surface area (Å²) >= 11 is 19.0. The van der Waals surface area contributed by atoms with Gasteiger partial charge in [-0.3, -0.25) is 4.79 Å². The van der Waals surface area contributed by atoms with E-state index in [9.17, 15) is 4.79 Å². The third-order valence-electron chi connectivity index (χ3n) is 3.61. The molecule has 1 atom stereocenters. The molecule has 7 heteroatoms. The summed E-state index contributed by atoms with van der Waals surface area (Å²) in [7, 11) is 0. The maximum absolute atomic E-state index is 12.4. The number of halogens is 2. The summed E-state index contributed by atoms with van der Waals surface area (Å²) in [5.41, 5.74) is 0.780. The maximum Gasteiger partial charge on any atom is 0.164 e. The van der Waals surface area contributed by atoms with E-state index in [1.54, 1.807) is 6.07 Å².